The van der Waals surface area contributed by atoms with E-state index in [2.05, 4.69) is 13.8 Å². The van der Waals surface area contributed by atoms with Gasteiger partial charge in [0, 0.05) is 12.8 Å². The molecule has 0 atom stereocenters. The molecule has 0 heterocycles. The van der Waals surface area contributed by atoms with Crippen molar-refractivity contribution in [2.24, 2.45) is 5.92 Å². The van der Waals surface area contributed by atoms with Crippen LogP contribution in [-0.2, 0) is 4.79 Å². The number of carbonyl (C=O) groups excluding carboxylic acids is 1. The van der Waals surface area contributed by atoms with Gasteiger partial charge in [0.2, 0.25) is 0 Å². The highest BCUT2D eigenvalue weighted by Gasteiger charge is 2.05. The summed E-state index contributed by atoms with van der Waals surface area (Å²) < 4.78 is 5.52. The first-order valence-electron chi connectivity index (χ1n) is 5.79. The quantitative estimate of drug-likeness (QED) is 0.734. The lowest BCUT2D eigenvalue weighted by atomic mass is 10.1. The van der Waals surface area contributed by atoms with Crippen LogP contribution in [0.5, 0.6) is 5.75 Å². The molecule has 2 heteroatoms. The number of ether oxygens (including phenoxy) is 1. The predicted molar refractivity (Wildman–Crippen MR) is 65.8 cm³/mol. The molecule has 0 aliphatic heterocycles. The van der Waals surface area contributed by atoms with Crippen LogP contribution in [0.15, 0.2) is 24.3 Å². The number of hydrogen-bond acceptors (Lipinski definition) is 2. The number of benzene rings is 1. The molecule has 0 unspecified atom stereocenters. The van der Waals surface area contributed by atoms with Gasteiger partial charge in [-0.2, -0.15) is 0 Å². The van der Waals surface area contributed by atoms with Crippen molar-refractivity contribution in [3.63, 3.8) is 0 Å². The average molecular weight is 220 g/mol. The molecule has 0 aliphatic rings. The Labute approximate surface area is 97.6 Å². The Morgan fingerprint density at radius 2 is 2.12 bits per heavy atom. The third kappa shape index (κ3) is 4.96. The van der Waals surface area contributed by atoms with Gasteiger partial charge in [0.15, 0.2) is 0 Å². The summed E-state index contributed by atoms with van der Waals surface area (Å²) in [7, 11) is 0. The van der Waals surface area contributed by atoms with Gasteiger partial charge in [0.1, 0.15) is 11.5 Å². The Balaban J connectivity index is 2.28. The summed E-state index contributed by atoms with van der Waals surface area (Å²) in [5.41, 5.74) is 1.17. The van der Waals surface area contributed by atoms with Crippen molar-refractivity contribution in [1.29, 1.82) is 0 Å². The average Bonchev–Trinajstić information content (AvgIpc) is 2.16. The van der Waals surface area contributed by atoms with Gasteiger partial charge in [-0.05, 0) is 30.5 Å². The van der Waals surface area contributed by atoms with Crippen LogP contribution < -0.4 is 4.74 Å². The molecular weight excluding hydrogens is 200 g/mol. The molecule has 0 aromatic heterocycles. The normalized spacial score (nSPS) is 10.5. The smallest absolute Gasteiger partial charge is 0.136 e. The minimum absolute atomic E-state index is 0.280. The minimum atomic E-state index is 0.280. The van der Waals surface area contributed by atoms with Crippen LogP contribution in [0.2, 0.25) is 0 Å². The van der Waals surface area contributed by atoms with Gasteiger partial charge in [-0.25, -0.2) is 0 Å². The number of aryl methyl sites for hydroxylation is 1. The lowest BCUT2D eigenvalue weighted by Gasteiger charge is -2.07. The van der Waals surface area contributed by atoms with Crippen molar-refractivity contribution >= 4 is 5.78 Å². The van der Waals surface area contributed by atoms with Gasteiger partial charge < -0.3 is 4.74 Å². The first-order valence-corrected chi connectivity index (χ1v) is 5.79. The Kier molecular flexibility index (Phi) is 5.03. The standard InChI is InChI=1S/C14H20O2/c1-11(2)9-13(15)7-8-16-14-6-4-5-12(3)10-14/h4-6,10-11H,7-9H2,1-3H3. The summed E-state index contributed by atoms with van der Waals surface area (Å²) in [6, 6.07) is 7.88. The summed E-state index contributed by atoms with van der Waals surface area (Å²) in [5, 5.41) is 0. The van der Waals surface area contributed by atoms with Crippen LogP contribution in [0.1, 0.15) is 32.3 Å². The van der Waals surface area contributed by atoms with E-state index in [0.717, 1.165) is 5.75 Å². The molecular formula is C14H20O2. The molecule has 0 saturated heterocycles. The zero-order valence-corrected chi connectivity index (χ0v) is 10.3. The number of carbonyl (C=O) groups is 1. The first kappa shape index (κ1) is 12.8. The highest BCUT2D eigenvalue weighted by atomic mass is 16.5. The number of Topliss-reactive ketones (excluding diaryl/α,β-unsaturated/α-hetero) is 1. The fourth-order valence-electron chi connectivity index (χ4n) is 1.55. The van der Waals surface area contributed by atoms with E-state index in [0.29, 0.717) is 25.4 Å². The van der Waals surface area contributed by atoms with Crippen molar-refractivity contribution in [1.82, 2.24) is 0 Å². The number of hydrogen-bond donors (Lipinski definition) is 0. The van der Waals surface area contributed by atoms with E-state index in [-0.39, 0.29) is 5.78 Å². The van der Waals surface area contributed by atoms with E-state index in [1.807, 2.05) is 31.2 Å². The van der Waals surface area contributed by atoms with E-state index in [1.54, 1.807) is 0 Å². The summed E-state index contributed by atoms with van der Waals surface area (Å²) in [6.07, 6.45) is 1.16. The second-order valence-corrected chi connectivity index (χ2v) is 4.55. The van der Waals surface area contributed by atoms with Gasteiger partial charge in [-0.15, -0.1) is 0 Å². The molecule has 0 amide bonds. The lowest BCUT2D eigenvalue weighted by molar-refractivity contribution is -0.120. The van der Waals surface area contributed by atoms with Crippen LogP contribution in [-0.4, -0.2) is 12.4 Å². The van der Waals surface area contributed by atoms with Crippen LogP contribution in [0.3, 0.4) is 0 Å². The second kappa shape index (κ2) is 6.31. The van der Waals surface area contributed by atoms with Crippen LogP contribution in [0, 0.1) is 12.8 Å². The maximum atomic E-state index is 11.4. The van der Waals surface area contributed by atoms with E-state index in [4.69, 9.17) is 4.74 Å². The molecule has 0 aliphatic carbocycles. The fourth-order valence-corrected chi connectivity index (χ4v) is 1.55. The molecule has 2 nitrogen and oxygen atoms in total. The van der Waals surface area contributed by atoms with E-state index in [9.17, 15) is 4.79 Å². The van der Waals surface area contributed by atoms with Crippen molar-refractivity contribution in [3.8, 4) is 5.75 Å². The summed E-state index contributed by atoms with van der Waals surface area (Å²) in [4.78, 5) is 11.4. The Bertz CT molecular complexity index is 342. The van der Waals surface area contributed by atoms with Crippen molar-refractivity contribution in [3.05, 3.63) is 29.8 Å². The number of ketones is 1. The first-order chi connectivity index (χ1) is 7.58. The van der Waals surface area contributed by atoms with Crippen molar-refractivity contribution in [2.45, 2.75) is 33.6 Å². The minimum Gasteiger partial charge on any atom is -0.493 e. The molecule has 0 spiro atoms. The van der Waals surface area contributed by atoms with Crippen LogP contribution >= 0.6 is 0 Å². The zero-order valence-electron chi connectivity index (χ0n) is 10.3. The maximum Gasteiger partial charge on any atom is 0.136 e. The molecule has 0 saturated carbocycles. The summed E-state index contributed by atoms with van der Waals surface area (Å²) >= 11 is 0. The van der Waals surface area contributed by atoms with E-state index < -0.39 is 0 Å². The third-order valence-corrected chi connectivity index (χ3v) is 2.28. The van der Waals surface area contributed by atoms with Gasteiger partial charge >= 0.3 is 0 Å². The molecule has 16 heavy (non-hydrogen) atoms. The topological polar surface area (TPSA) is 26.3 Å². The molecule has 1 rings (SSSR count). The van der Waals surface area contributed by atoms with Crippen molar-refractivity contribution in [2.75, 3.05) is 6.61 Å². The van der Waals surface area contributed by atoms with Gasteiger partial charge in [0.25, 0.3) is 0 Å². The predicted octanol–water partition coefficient (Wildman–Crippen LogP) is 3.38. The summed E-state index contributed by atoms with van der Waals surface area (Å²) in [6.45, 7) is 6.62. The summed E-state index contributed by atoms with van der Waals surface area (Å²) in [5.74, 6) is 1.56. The van der Waals surface area contributed by atoms with Gasteiger partial charge in [0.05, 0.1) is 6.61 Å². The van der Waals surface area contributed by atoms with Gasteiger partial charge in [-0.1, -0.05) is 26.0 Å². The van der Waals surface area contributed by atoms with Crippen molar-refractivity contribution < 1.29 is 9.53 Å². The highest BCUT2D eigenvalue weighted by molar-refractivity contribution is 5.78. The number of rotatable bonds is 6. The Morgan fingerprint density at radius 1 is 1.38 bits per heavy atom. The molecule has 88 valence electrons. The monoisotopic (exact) mass is 220 g/mol. The van der Waals surface area contributed by atoms with E-state index >= 15 is 0 Å². The lowest BCUT2D eigenvalue weighted by Crippen LogP contribution is -2.08. The molecule has 0 bridgehead atoms. The maximum absolute atomic E-state index is 11.4. The molecule has 0 radical (unpaired) electrons. The molecule has 1 aromatic carbocycles. The largest absolute Gasteiger partial charge is 0.493 e. The van der Waals surface area contributed by atoms with Gasteiger partial charge in [-0.3, -0.25) is 4.79 Å². The molecule has 0 fully saturated rings. The van der Waals surface area contributed by atoms with Crippen LogP contribution in [0.25, 0.3) is 0 Å². The SMILES string of the molecule is Cc1cccc(OCCC(=O)CC(C)C)c1. The Morgan fingerprint density at radius 3 is 2.75 bits per heavy atom. The third-order valence-electron chi connectivity index (χ3n) is 2.28. The van der Waals surface area contributed by atoms with E-state index in [1.165, 1.54) is 5.56 Å². The Hall–Kier alpha value is -1.31. The zero-order chi connectivity index (χ0) is 12.0. The van der Waals surface area contributed by atoms with Crippen LogP contribution in [0.4, 0.5) is 0 Å². The molecule has 0 N–H and O–H groups in total. The fraction of sp³-hybridized carbons (Fsp3) is 0.500. The second-order valence-electron chi connectivity index (χ2n) is 4.55. The highest BCUT2D eigenvalue weighted by Crippen LogP contribution is 2.12. The molecule has 1 aromatic rings.